The van der Waals surface area contributed by atoms with Crippen LogP contribution in [0.4, 0.5) is 0 Å². The topological polar surface area (TPSA) is 270 Å². The Kier molecular flexibility index (Phi) is 13.6. The number of carbonyl (C=O) groups is 6. The number of hydrogen-bond donors (Lipinski definition) is 6. The van der Waals surface area contributed by atoms with Crippen molar-refractivity contribution in [1.82, 2.24) is 35.1 Å². The largest absolute Gasteiger partial charge is 0.480 e. The Morgan fingerprint density at radius 2 is 1.23 bits per heavy atom. The van der Waals surface area contributed by atoms with Crippen molar-refractivity contribution < 1.29 is 58.7 Å². The molecule has 2 aromatic rings. The number of nitrogens with one attached hydrogen (secondary N) is 2. The quantitative estimate of drug-likeness (QED) is 0.0729. The first-order valence-electron chi connectivity index (χ1n) is 14.7. The van der Waals surface area contributed by atoms with Crippen molar-refractivity contribution in [3.8, 4) is 11.5 Å². The van der Waals surface area contributed by atoms with E-state index in [1.54, 1.807) is 13.0 Å². The molecule has 48 heavy (non-hydrogen) atoms. The van der Waals surface area contributed by atoms with Crippen LogP contribution < -0.4 is 25.5 Å². The fraction of sp³-hybridized carbons (Fsp3) is 0.500. The van der Waals surface area contributed by atoms with E-state index in [0.717, 1.165) is 4.90 Å². The maximum atomic E-state index is 13.1. The summed E-state index contributed by atoms with van der Waals surface area (Å²) >= 11 is 0. The Balaban J connectivity index is 1.54. The number of ether oxygens (including phenoxy) is 2. The fourth-order valence-corrected chi connectivity index (χ4v) is 4.81. The molecule has 0 bridgehead atoms. The predicted molar refractivity (Wildman–Crippen MR) is 163 cm³/mol. The maximum Gasteiger partial charge on any atom is 0.317 e. The molecule has 20 nitrogen and oxygen atoms in total. The summed E-state index contributed by atoms with van der Waals surface area (Å²) in [6, 6.07) is 3.10. The molecule has 0 saturated heterocycles. The Hall–Kier alpha value is -5.34. The zero-order valence-electron chi connectivity index (χ0n) is 26.0. The van der Waals surface area contributed by atoms with Gasteiger partial charge in [0, 0.05) is 51.9 Å². The van der Waals surface area contributed by atoms with Gasteiger partial charge in [-0.3, -0.25) is 52.9 Å². The third kappa shape index (κ3) is 11.2. The minimum Gasteiger partial charge on any atom is -0.480 e. The standard InChI is InChI=1S/C28H37N7O13/c1-2-35-18-10-20-19(47-16-48-20)9-17(18)27(45)26(31-35)28(46)30-4-3-29-21(36)11-33(13-23(39)40)7-5-32(12-22(37)38)6-8-34(14-24(41)42)15-25(43)44/h9-10H,2-8,11-16H2,1H3,(H,29,36)(H,30,46)(H,37,38)(H,39,40)(H,41,42)(H,43,44). The van der Waals surface area contributed by atoms with Crippen molar-refractivity contribution >= 4 is 46.6 Å². The second kappa shape index (κ2) is 17.5. The number of benzene rings is 1. The highest BCUT2D eigenvalue weighted by Crippen LogP contribution is 2.34. The number of aryl methyl sites for hydroxylation is 1. The number of carboxylic acids is 4. The number of rotatable bonds is 21. The molecule has 0 fully saturated rings. The lowest BCUT2D eigenvalue weighted by Gasteiger charge is -2.27. The molecule has 0 unspecified atom stereocenters. The van der Waals surface area contributed by atoms with Crippen LogP contribution in [-0.2, 0) is 30.5 Å². The molecule has 6 N–H and O–H groups in total. The van der Waals surface area contributed by atoms with Gasteiger partial charge in [0.15, 0.2) is 17.2 Å². The maximum absolute atomic E-state index is 13.1. The van der Waals surface area contributed by atoms with Crippen LogP contribution in [0.5, 0.6) is 11.5 Å². The van der Waals surface area contributed by atoms with Gasteiger partial charge in [0.2, 0.25) is 18.1 Å². The van der Waals surface area contributed by atoms with Crippen LogP contribution in [0.15, 0.2) is 16.9 Å². The predicted octanol–water partition coefficient (Wildman–Crippen LogP) is -2.76. The van der Waals surface area contributed by atoms with Gasteiger partial charge in [0.05, 0.1) is 43.6 Å². The second-order valence-electron chi connectivity index (χ2n) is 10.6. The molecule has 2 amide bonds. The number of carbonyl (C=O) groups excluding carboxylic acids is 2. The summed E-state index contributed by atoms with van der Waals surface area (Å²) in [5.41, 5.74) is -0.514. The lowest BCUT2D eigenvalue weighted by molar-refractivity contribution is -0.143. The van der Waals surface area contributed by atoms with Crippen LogP contribution in [0, 0.1) is 0 Å². The van der Waals surface area contributed by atoms with Crippen LogP contribution in [0.2, 0.25) is 0 Å². The first-order chi connectivity index (χ1) is 22.8. The molecule has 0 saturated carbocycles. The summed E-state index contributed by atoms with van der Waals surface area (Å²) in [7, 11) is 0. The summed E-state index contributed by atoms with van der Waals surface area (Å²) in [5, 5.41) is 46.1. The van der Waals surface area contributed by atoms with Crippen molar-refractivity contribution in [2.75, 3.05) is 78.8 Å². The average Bonchev–Trinajstić information content (AvgIpc) is 3.46. The number of carboxylic acid groups (broad SMARTS) is 4. The van der Waals surface area contributed by atoms with Gasteiger partial charge in [-0.25, -0.2) is 0 Å². The molecule has 262 valence electrons. The molecule has 3 rings (SSSR count). The van der Waals surface area contributed by atoms with Crippen molar-refractivity contribution in [2.24, 2.45) is 0 Å². The van der Waals surface area contributed by atoms with E-state index < -0.39 is 73.8 Å². The summed E-state index contributed by atoms with van der Waals surface area (Å²) in [5.74, 6) is -5.55. The highest BCUT2D eigenvalue weighted by atomic mass is 16.7. The number of nitrogens with zero attached hydrogens (tertiary/aromatic N) is 5. The van der Waals surface area contributed by atoms with Crippen molar-refractivity contribution in [3.05, 3.63) is 28.0 Å². The third-order valence-electron chi connectivity index (χ3n) is 6.96. The normalized spacial score (nSPS) is 12.1. The first kappa shape index (κ1) is 37.1. The monoisotopic (exact) mass is 679 g/mol. The van der Waals surface area contributed by atoms with E-state index in [2.05, 4.69) is 15.7 Å². The molecule has 0 atom stereocenters. The highest BCUT2D eigenvalue weighted by molar-refractivity contribution is 5.96. The van der Waals surface area contributed by atoms with E-state index in [-0.39, 0.29) is 57.1 Å². The van der Waals surface area contributed by atoms with E-state index in [1.807, 2.05) is 0 Å². The van der Waals surface area contributed by atoms with Crippen LogP contribution in [0.25, 0.3) is 10.9 Å². The third-order valence-corrected chi connectivity index (χ3v) is 6.96. The number of hydrogen-bond acceptors (Lipinski definition) is 13. The highest BCUT2D eigenvalue weighted by Gasteiger charge is 2.23. The summed E-state index contributed by atoms with van der Waals surface area (Å²) in [4.78, 5) is 87.1. The van der Waals surface area contributed by atoms with Crippen molar-refractivity contribution in [3.63, 3.8) is 0 Å². The molecular weight excluding hydrogens is 642 g/mol. The molecule has 0 radical (unpaired) electrons. The molecule has 2 heterocycles. The van der Waals surface area contributed by atoms with Gasteiger partial charge in [-0.05, 0) is 13.0 Å². The number of aromatic nitrogens is 2. The van der Waals surface area contributed by atoms with Gasteiger partial charge >= 0.3 is 23.9 Å². The minimum absolute atomic E-state index is 0.000912. The van der Waals surface area contributed by atoms with E-state index in [1.165, 1.54) is 20.5 Å². The lowest BCUT2D eigenvalue weighted by atomic mass is 10.1. The molecule has 20 heteroatoms. The zero-order chi connectivity index (χ0) is 35.4. The van der Waals surface area contributed by atoms with E-state index in [0.29, 0.717) is 23.6 Å². The van der Waals surface area contributed by atoms with Crippen molar-refractivity contribution in [2.45, 2.75) is 13.5 Å². The van der Waals surface area contributed by atoms with Crippen LogP contribution >= 0.6 is 0 Å². The van der Waals surface area contributed by atoms with Crippen LogP contribution in [0.3, 0.4) is 0 Å². The Morgan fingerprint density at radius 1 is 0.750 bits per heavy atom. The van der Waals surface area contributed by atoms with Gasteiger partial charge in [-0.2, -0.15) is 5.10 Å². The minimum atomic E-state index is -1.27. The van der Waals surface area contributed by atoms with E-state index in [9.17, 15) is 43.8 Å². The van der Waals surface area contributed by atoms with Gasteiger partial charge in [0.25, 0.3) is 5.91 Å². The van der Waals surface area contributed by atoms with Gasteiger partial charge in [0.1, 0.15) is 0 Å². The molecule has 1 aromatic carbocycles. The number of fused-ring (bicyclic) bond motifs is 2. The summed E-state index contributed by atoms with van der Waals surface area (Å²) in [6.45, 7) is -0.892. The van der Waals surface area contributed by atoms with Crippen LogP contribution in [-0.4, -0.2) is 159 Å². The Morgan fingerprint density at radius 3 is 1.77 bits per heavy atom. The van der Waals surface area contributed by atoms with Gasteiger partial charge < -0.3 is 40.5 Å². The zero-order valence-corrected chi connectivity index (χ0v) is 26.0. The smallest absolute Gasteiger partial charge is 0.317 e. The molecule has 1 aliphatic heterocycles. The lowest BCUT2D eigenvalue weighted by Crippen LogP contribution is -2.47. The summed E-state index contributed by atoms with van der Waals surface area (Å²) in [6.07, 6.45) is 0. The van der Waals surface area contributed by atoms with E-state index >= 15 is 0 Å². The first-order valence-corrected chi connectivity index (χ1v) is 14.7. The van der Waals surface area contributed by atoms with Crippen molar-refractivity contribution in [1.29, 1.82) is 0 Å². The molecule has 1 aromatic heterocycles. The molecular formula is C28H37N7O13. The molecule has 0 spiro atoms. The summed E-state index contributed by atoms with van der Waals surface area (Å²) < 4.78 is 12.2. The molecule has 0 aliphatic carbocycles. The Bertz CT molecular complexity index is 1580. The van der Waals surface area contributed by atoms with Gasteiger partial charge in [-0.15, -0.1) is 0 Å². The SMILES string of the molecule is CCn1nc(C(=O)NCCNC(=O)CN(CCN(CCN(CC(=O)O)CC(=O)O)CC(=O)O)CC(=O)O)c(=O)c2cc3c(cc21)OCO3. The fourth-order valence-electron chi connectivity index (χ4n) is 4.81. The van der Waals surface area contributed by atoms with Gasteiger partial charge in [-0.1, -0.05) is 0 Å². The number of aliphatic carboxylic acids is 4. The molecule has 1 aliphatic rings. The van der Waals surface area contributed by atoms with E-state index in [4.69, 9.17) is 19.7 Å². The number of amides is 2. The van der Waals surface area contributed by atoms with Crippen LogP contribution in [0.1, 0.15) is 17.4 Å². The Labute approximate surface area is 272 Å². The average molecular weight is 680 g/mol. The second-order valence-corrected chi connectivity index (χ2v) is 10.6.